The van der Waals surface area contributed by atoms with Crippen LogP contribution in [0.3, 0.4) is 0 Å². The summed E-state index contributed by atoms with van der Waals surface area (Å²) in [5, 5.41) is 0. The molecule has 3 heterocycles. The molecule has 1 fully saturated rings. The predicted octanol–water partition coefficient (Wildman–Crippen LogP) is 3.63. The Morgan fingerprint density at radius 1 is 1.11 bits per heavy atom. The van der Waals surface area contributed by atoms with E-state index in [2.05, 4.69) is 15.0 Å². The molecule has 1 aliphatic carbocycles. The van der Waals surface area contributed by atoms with Gasteiger partial charge in [0.25, 0.3) is 5.56 Å². The van der Waals surface area contributed by atoms with E-state index >= 15 is 0 Å². The van der Waals surface area contributed by atoms with Gasteiger partial charge in [-0.2, -0.15) is 4.98 Å². The van der Waals surface area contributed by atoms with E-state index in [0.717, 1.165) is 31.2 Å². The van der Waals surface area contributed by atoms with Crippen LogP contribution in [0.1, 0.15) is 48.7 Å². The zero-order chi connectivity index (χ0) is 25.6. The first-order valence-corrected chi connectivity index (χ1v) is 13.4. The number of nitrogens with zero attached hydrogens (tertiary/aromatic N) is 3. The van der Waals surface area contributed by atoms with Gasteiger partial charge < -0.3 is 32.9 Å². The maximum Gasteiger partial charge on any atom is 0.519 e. The summed E-state index contributed by atoms with van der Waals surface area (Å²) in [5.41, 5.74) is 6.87. The lowest BCUT2D eigenvalue weighted by Gasteiger charge is -2.18. The van der Waals surface area contributed by atoms with Gasteiger partial charge >= 0.3 is 5.82 Å². The highest BCUT2D eigenvalue weighted by Crippen LogP contribution is 2.42. The molecule has 0 spiro atoms. The zero-order valence-electron chi connectivity index (χ0n) is 20.1. The Balaban J connectivity index is 1.20. The number of hydrogen-bond donors (Lipinski definition) is 2. The fourth-order valence-electron chi connectivity index (χ4n) is 4.32. The van der Waals surface area contributed by atoms with Gasteiger partial charge in [-0.25, -0.2) is 9.78 Å². The topological polar surface area (TPSA) is 161 Å². The average Bonchev–Trinajstić information content (AvgIpc) is 3.64. The monoisotopic (exact) mass is 529 g/mol. The Bertz CT molecular complexity index is 1420. The molecular formula is C24H28N5O7P. The number of aromatic nitrogens is 4. The van der Waals surface area contributed by atoms with E-state index in [4.69, 9.17) is 28.4 Å². The second-order valence-electron chi connectivity index (χ2n) is 8.69. The zero-order valence-corrected chi connectivity index (χ0v) is 21.0. The highest BCUT2D eigenvalue weighted by molar-refractivity contribution is 7.46. The Morgan fingerprint density at radius 2 is 1.89 bits per heavy atom. The number of hydrogen-bond acceptors (Lipinski definition) is 10. The molecule has 1 aliphatic rings. The summed E-state index contributed by atoms with van der Waals surface area (Å²) in [6, 6.07) is 9.74. The standard InChI is InChI=1S/C24H28N5O7P/c25-23-27-21-19(22(30)28-23)26-14-29(21)10-11-32-15-37(33-12-16-6-2-1-3-7-16)34-13-18-20(36-24(31)35-18)17-8-4-5-9-17/h1-3,6-7,14,17H,4-5,8-13,15H2,(H3,25,27,28,30). The van der Waals surface area contributed by atoms with Crippen molar-refractivity contribution < 1.29 is 22.6 Å². The van der Waals surface area contributed by atoms with E-state index < -0.39 is 19.8 Å². The van der Waals surface area contributed by atoms with Crippen LogP contribution in [-0.4, -0.2) is 32.5 Å². The number of aromatic amines is 1. The number of H-pyrrole nitrogens is 1. The van der Waals surface area contributed by atoms with Gasteiger partial charge in [0.2, 0.25) is 5.95 Å². The van der Waals surface area contributed by atoms with Crippen LogP contribution < -0.4 is 17.1 Å². The van der Waals surface area contributed by atoms with Gasteiger partial charge in [0.15, 0.2) is 31.1 Å². The fraction of sp³-hybridized carbons (Fsp3) is 0.417. The first-order chi connectivity index (χ1) is 18.1. The summed E-state index contributed by atoms with van der Waals surface area (Å²) in [6.07, 6.45) is 5.84. The number of fused-ring (bicyclic) bond motifs is 1. The number of rotatable bonds is 12. The third kappa shape index (κ3) is 6.34. The third-order valence-corrected chi connectivity index (χ3v) is 7.35. The lowest BCUT2D eigenvalue weighted by molar-refractivity contribution is 0.135. The van der Waals surface area contributed by atoms with E-state index in [9.17, 15) is 9.59 Å². The molecule has 196 valence electrons. The van der Waals surface area contributed by atoms with Crippen LogP contribution in [0, 0.1) is 0 Å². The van der Waals surface area contributed by atoms with Crippen molar-refractivity contribution in [2.24, 2.45) is 0 Å². The molecule has 0 bridgehead atoms. The van der Waals surface area contributed by atoms with E-state index in [1.165, 1.54) is 6.33 Å². The second kappa shape index (κ2) is 11.8. The Morgan fingerprint density at radius 3 is 2.70 bits per heavy atom. The molecule has 3 aromatic heterocycles. The van der Waals surface area contributed by atoms with Crippen LogP contribution in [0.15, 0.2) is 55.1 Å². The molecule has 13 heteroatoms. The summed E-state index contributed by atoms with van der Waals surface area (Å²) in [5.74, 6) is 0.473. The minimum absolute atomic E-state index is 0.0225. The SMILES string of the molecule is Nc1nc2c(ncn2CCOCP(OCc2ccccc2)OCc2oc(=O)oc2C2CCCC2)c(=O)[nH]1. The van der Waals surface area contributed by atoms with Gasteiger partial charge in [0.05, 0.1) is 19.5 Å². The van der Waals surface area contributed by atoms with Crippen molar-refractivity contribution in [3.8, 4) is 0 Å². The summed E-state index contributed by atoms with van der Waals surface area (Å²) in [7, 11) is -1.48. The van der Waals surface area contributed by atoms with Gasteiger partial charge in [-0.15, -0.1) is 0 Å². The molecule has 1 saturated carbocycles. The molecule has 0 aliphatic heterocycles. The van der Waals surface area contributed by atoms with Crippen LogP contribution in [0.25, 0.3) is 11.2 Å². The Kier molecular flexibility index (Phi) is 8.10. The van der Waals surface area contributed by atoms with Gasteiger partial charge in [-0.05, 0) is 18.4 Å². The van der Waals surface area contributed by atoms with Gasteiger partial charge in [0.1, 0.15) is 13.0 Å². The van der Waals surface area contributed by atoms with E-state index in [-0.39, 0.29) is 30.3 Å². The smallest absolute Gasteiger partial charge is 0.395 e. The fourth-order valence-corrected chi connectivity index (χ4v) is 5.37. The quantitative estimate of drug-likeness (QED) is 0.205. The van der Waals surface area contributed by atoms with Crippen molar-refractivity contribution in [1.29, 1.82) is 0 Å². The molecule has 5 rings (SSSR count). The lowest BCUT2D eigenvalue weighted by Crippen LogP contribution is -2.13. The summed E-state index contributed by atoms with van der Waals surface area (Å²) >= 11 is 0. The molecule has 37 heavy (non-hydrogen) atoms. The summed E-state index contributed by atoms with van der Waals surface area (Å²) in [6.45, 7) is 1.10. The van der Waals surface area contributed by atoms with Crippen LogP contribution in [0.4, 0.5) is 5.95 Å². The normalized spacial score (nSPS) is 15.0. The van der Waals surface area contributed by atoms with Crippen molar-refractivity contribution in [2.45, 2.75) is 51.4 Å². The molecule has 3 N–H and O–H groups in total. The Labute approximate surface area is 212 Å². The van der Waals surface area contributed by atoms with Crippen molar-refractivity contribution in [3.05, 3.63) is 74.7 Å². The second-order valence-corrected chi connectivity index (χ2v) is 10.1. The van der Waals surface area contributed by atoms with Gasteiger partial charge in [0, 0.05) is 12.5 Å². The van der Waals surface area contributed by atoms with Crippen molar-refractivity contribution >= 4 is 25.5 Å². The van der Waals surface area contributed by atoms with E-state index in [1.54, 1.807) is 4.57 Å². The average molecular weight is 529 g/mol. The molecule has 0 saturated heterocycles. The number of nitrogens with two attached hydrogens (primary N) is 1. The predicted molar refractivity (Wildman–Crippen MR) is 135 cm³/mol. The number of ether oxygens (including phenoxy) is 1. The minimum Gasteiger partial charge on any atom is -0.395 e. The number of imidazole rings is 1. The molecule has 1 unspecified atom stereocenters. The molecule has 1 atom stereocenters. The van der Waals surface area contributed by atoms with E-state index in [0.29, 0.717) is 36.9 Å². The molecule has 4 aromatic rings. The third-order valence-electron chi connectivity index (χ3n) is 6.12. The molecule has 0 radical (unpaired) electrons. The largest absolute Gasteiger partial charge is 0.519 e. The van der Waals surface area contributed by atoms with Gasteiger partial charge in [-0.3, -0.25) is 9.78 Å². The van der Waals surface area contributed by atoms with Crippen molar-refractivity contribution in [2.75, 3.05) is 18.7 Å². The molecular weight excluding hydrogens is 501 g/mol. The van der Waals surface area contributed by atoms with Crippen LogP contribution in [0.2, 0.25) is 0 Å². The molecule has 0 amide bonds. The number of nitrogens with one attached hydrogen (secondary N) is 1. The Hall–Kier alpha value is -3.31. The van der Waals surface area contributed by atoms with Crippen molar-refractivity contribution in [1.82, 2.24) is 19.5 Å². The maximum atomic E-state index is 12.0. The van der Waals surface area contributed by atoms with Gasteiger partial charge in [-0.1, -0.05) is 43.2 Å². The van der Waals surface area contributed by atoms with Crippen LogP contribution >= 0.6 is 8.38 Å². The number of anilines is 1. The highest BCUT2D eigenvalue weighted by atomic mass is 31.2. The number of benzene rings is 1. The lowest BCUT2D eigenvalue weighted by atomic mass is 10.0. The first kappa shape index (κ1) is 25.3. The highest BCUT2D eigenvalue weighted by Gasteiger charge is 2.27. The summed E-state index contributed by atoms with van der Waals surface area (Å²) in [4.78, 5) is 34.5. The minimum atomic E-state index is -1.48. The van der Waals surface area contributed by atoms with Crippen LogP contribution in [0.5, 0.6) is 0 Å². The maximum absolute atomic E-state index is 12.0. The van der Waals surface area contributed by atoms with Crippen LogP contribution in [-0.2, 0) is 33.5 Å². The summed E-state index contributed by atoms with van der Waals surface area (Å²) < 4.78 is 30.2. The first-order valence-electron chi connectivity index (χ1n) is 12.0. The molecule has 1 aromatic carbocycles. The van der Waals surface area contributed by atoms with E-state index in [1.807, 2.05) is 30.3 Å². The molecule has 12 nitrogen and oxygen atoms in total. The van der Waals surface area contributed by atoms with Crippen molar-refractivity contribution in [3.63, 3.8) is 0 Å². The number of nitrogen functional groups attached to an aromatic ring is 1.